The molecule has 0 saturated heterocycles. The van der Waals surface area contributed by atoms with Crippen LogP contribution in [-0.2, 0) is 6.54 Å². The summed E-state index contributed by atoms with van der Waals surface area (Å²) in [5.74, 6) is -0.912. The highest BCUT2D eigenvalue weighted by Crippen LogP contribution is 2.20. The Morgan fingerprint density at radius 3 is 2.33 bits per heavy atom. The maximum absolute atomic E-state index is 12.4. The monoisotopic (exact) mass is 334 g/mol. The second kappa shape index (κ2) is 8.05. The second-order valence-electron chi connectivity index (χ2n) is 4.83. The van der Waals surface area contributed by atoms with Crippen LogP contribution in [0.15, 0.2) is 48.5 Å². The molecule has 5 nitrogen and oxygen atoms in total. The molecule has 126 valence electrons. The molecule has 0 atom stereocenters. The van der Waals surface area contributed by atoms with Gasteiger partial charge in [-0.2, -0.15) is 8.78 Å². The highest BCUT2D eigenvalue weighted by Gasteiger charge is 2.15. The van der Waals surface area contributed by atoms with Crippen LogP contribution >= 0.6 is 0 Å². The fourth-order valence-electron chi connectivity index (χ4n) is 2.05. The molecule has 0 aromatic heterocycles. The van der Waals surface area contributed by atoms with Crippen molar-refractivity contribution in [2.24, 2.45) is 0 Å². The van der Waals surface area contributed by atoms with Crippen LogP contribution in [0.3, 0.4) is 0 Å². The number of carbonyl (C=O) groups is 2. The first-order valence-electron chi connectivity index (χ1n) is 7.14. The van der Waals surface area contributed by atoms with Crippen LogP contribution in [0.5, 0.6) is 5.75 Å². The van der Waals surface area contributed by atoms with Gasteiger partial charge in [-0.05, 0) is 29.8 Å². The number of amides is 2. The van der Waals surface area contributed by atoms with Crippen molar-refractivity contribution < 1.29 is 23.1 Å². The van der Waals surface area contributed by atoms with Gasteiger partial charge in [0.15, 0.2) is 0 Å². The zero-order chi connectivity index (χ0) is 17.5. The Bertz CT molecular complexity index is 718. The van der Waals surface area contributed by atoms with Crippen molar-refractivity contribution >= 4 is 11.8 Å². The van der Waals surface area contributed by atoms with Gasteiger partial charge in [0.25, 0.3) is 11.8 Å². The highest BCUT2D eigenvalue weighted by molar-refractivity contribution is 5.97. The second-order valence-corrected chi connectivity index (χ2v) is 4.83. The lowest BCUT2D eigenvalue weighted by atomic mass is 10.1. The number of rotatable bonds is 6. The van der Waals surface area contributed by atoms with Crippen LogP contribution in [0, 0.1) is 0 Å². The van der Waals surface area contributed by atoms with Gasteiger partial charge in [-0.15, -0.1) is 0 Å². The van der Waals surface area contributed by atoms with E-state index in [4.69, 9.17) is 0 Å². The van der Waals surface area contributed by atoms with E-state index in [0.717, 1.165) is 5.56 Å². The number of carbonyl (C=O) groups excluding carboxylic acids is 2. The number of hydrogen-bond donors (Lipinski definition) is 2. The number of hydrogen-bond acceptors (Lipinski definition) is 3. The lowest BCUT2D eigenvalue weighted by molar-refractivity contribution is -0.0501. The van der Waals surface area contributed by atoms with E-state index >= 15 is 0 Å². The van der Waals surface area contributed by atoms with E-state index in [1.54, 1.807) is 30.3 Å². The molecular weight excluding hydrogens is 318 g/mol. The van der Waals surface area contributed by atoms with Crippen LogP contribution in [-0.4, -0.2) is 25.5 Å². The molecule has 2 amide bonds. The van der Waals surface area contributed by atoms with Gasteiger partial charge in [-0.1, -0.05) is 24.3 Å². The van der Waals surface area contributed by atoms with Gasteiger partial charge in [-0.3, -0.25) is 9.59 Å². The van der Waals surface area contributed by atoms with E-state index in [9.17, 15) is 18.4 Å². The molecule has 7 heteroatoms. The topological polar surface area (TPSA) is 67.4 Å². The van der Waals surface area contributed by atoms with E-state index in [0.29, 0.717) is 5.56 Å². The molecule has 0 spiro atoms. The minimum atomic E-state index is -3.00. The van der Waals surface area contributed by atoms with Crippen LogP contribution in [0.4, 0.5) is 8.78 Å². The summed E-state index contributed by atoms with van der Waals surface area (Å²) >= 11 is 0. The number of ether oxygens (including phenoxy) is 1. The zero-order valence-electron chi connectivity index (χ0n) is 12.9. The van der Waals surface area contributed by atoms with E-state index in [2.05, 4.69) is 15.4 Å². The molecule has 2 aromatic rings. The lowest BCUT2D eigenvalue weighted by Crippen LogP contribution is -2.24. The Morgan fingerprint density at radius 2 is 1.71 bits per heavy atom. The van der Waals surface area contributed by atoms with Gasteiger partial charge in [-0.25, -0.2) is 0 Å². The average molecular weight is 334 g/mol. The van der Waals surface area contributed by atoms with Crippen molar-refractivity contribution in [3.05, 3.63) is 65.2 Å². The smallest absolute Gasteiger partial charge is 0.387 e. The summed E-state index contributed by atoms with van der Waals surface area (Å²) in [6.07, 6.45) is 0. The quantitative estimate of drug-likeness (QED) is 0.853. The van der Waals surface area contributed by atoms with E-state index in [1.165, 1.54) is 25.2 Å². The van der Waals surface area contributed by atoms with Crippen molar-refractivity contribution in [1.82, 2.24) is 10.6 Å². The van der Waals surface area contributed by atoms with Crippen molar-refractivity contribution in [1.29, 1.82) is 0 Å². The molecule has 0 aliphatic carbocycles. The summed E-state index contributed by atoms with van der Waals surface area (Å²) in [6, 6.07) is 12.4. The van der Waals surface area contributed by atoms with Crippen LogP contribution < -0.4 is 15.4 Å². The summed E-state index contributed by atoms with van der Waals surface area (Å²) in [5, 5.41) is 5.14. The Labute approximate surface area is 137 Å². The largest absolute Gasteiger partial charge is 0.434 e. The number of nitrogens with one attached hydrogen (secondary N) is 2. The van der Waals surface area contributed by atoms with E-state index in [-0.39, 0.29) is 23.8 Å². The molecular formula is C17H16F2N2O3. The van der Waals surface area contributed by atoms with Crippen molar-refractivity contribution in [3.63, 3.8) is 0 Å². The fourth-order valence-corrected chi connectivity index (χ4v) is 2.05. The molecule has 24 heavy (non-hydrogen) atoms. The molecule has 0 heterocycles. The van der Waals surface area contributed by atoms with Gasteiger partial charge in [0, 0.05) is 19.2 Å². The average Bonchev–Trinajstić information content (AvgIpc) is 2.59. The van der Waals surface area contributed by atoms with Crippen molar-refractivity contribution in [3.8, 4) is 5.75 Å². The molecule has 2 aromatic carbocycles. The van der Waals surface area contributed by atoms with Gasteiger partial charge in [0.2, 0.25) is 0 Å². The Kier molecular flexibility index (Phi) is 5.83. The molecule has 2 N–H and O–H groups in total. The van der Waals surface area contributed by atoms with E-state index in [1.807, 2.05) is 0 Å². The summed E-state index contributed by atoms with van der Waals surface area (Å²) in [4.78, 5) is 23.6. The maximum Gasteiger partial charge on any atom is 0.387 e. The minimum Gasteiger partial charge on any atom is -0.434 e. The number of alkyl halides is 2. The van der Waals surface area contributed by atoms with Crippen molar-refractivity contribution in [2.75, 3.05) is 7.05 Å². The van der Waals surface area contributed by atoms with Gasteiger partial charge in [0.1, 0.15) is 5.75 Å². The van der Waals surface area contributed by atoms with Crippen LogP contribution in [0.25, 0.3) is 0 Å². The third kappa shape index (κ3) is 4.52. The molecule has 0 unspecified atom stereocenters. The molecule has 0 saturated carbocycles. The van der Waals surface area contributed by atoms with Gasteiger partial charge in [0.05, 0.1) is 5.56 Å². The summed E-state index contributed by atoms with van der Waals surface area (Å²) in [7, 11) is 1.54. The maximum atomic E-state index is 12.4. The first-order chi connectivity index (χ1) is 11.5. The normalized spacial score (nSPS) is 10.3. The zero-order valence-corrected chi connectivity index (χ0v) is 12.9. The minimum absolute atomic E-state index is 0.0276. The molecule has 0 radical (unpaired) electrons. The molecule has 0 aliphatic heterocycles. The SMILES string of the molecule is CNC(=O)c1ccc(CNC(=O)c2ccccc2OC(F)F)cc1. The Morgan fingerprint density at radius 1 is 1.04 bits per heavy atom. The first-order valence-corrected chi connectivity index (χ1v) is 7.14. The standard InChI is InChI=1S/C17H16F2N2O3/c1-20-15(22)12-8-6-11(7-9-12)10-21-16(23)13-4-2-3-5-14(13)24-17(18)19/h2-9,17H,10H2,1H3,(H,20,22)(H,21,23). The van der Waals surface area contributed by atoms with Gasteiger partial charge < -0.3 is 15.4 Å². The van der Waals surface area contributed by atoms with Crippen molar-refractivity contribution in [2.45, 2.75) is 13.2 Å². The molecule has 0 aliphatic rings. The van der Waals surface area contributed by atoms with Crippen LogP contribution in [0.2, 0.25) is 0 Å². The summed E-state index contributed by atoms with van der Waals surface area (Å²) in [6.45, 7) is -2.81. The van der Waals surface area contributed by atoms with E-state index < -0.39 is 12.5 Å². The predicted molar refractivity (Wildman–Crippen MR) is 84.1 cm³/mol. The van der Waals surface area contributed by atoms with Gasteiger partial charge >= 0.3 is 6.61 Å². The third-order valence-corrected chi connectivity index (χ3v) is 3.24. The number of para-hydroxylation sites is 1. The summed E-state index contributed by atoms with van der Waals surface area (Å²) < 4.78 is 29.1. The molecule has 2 rings (SSSR count). The predicted octanol–water partition coefficient (Wildman–Crippen LogP) is 2.58. The molecule has 0 bridgehead atoms. The first kappa shape index (κ1) is 17.4. The number of halogens is 2. The Balaban J connectivity index is 2.02. The third-order valence-electron chi connectivity index (χ3n) is 3.24. The molecule has 0 fully saturated rings. The van der Waals surface area contributed by atoms with Crippen LogP contribution in [0.1, 0.15) is 26.3 Å². The highest BCUT2D eigenvalue weighted by atomic mass is 19.3. The Hall–Kier alpha value is -2.96. The summed E-state index contributed by atoms with van der Waals surface area (Å²) in [5.41, 5.74) is 1.30. The fraction of sp³-hybridized carbons (Fsp3) is 0.176. The number of benzene rings is 2. The lowest BCUT2D eigenvalue weighted by Gasteiger charge is -2.11.